The monoisotopic (exact) mass is 438 g/mol. The van der Waals surface area contributed by atoms with Crippen molar-refractivity contribution in [1.82, 2.24) is 5.43 Å². The molecule has 3 N–H and O–H groups in total. The van der Waals surface area contributed by atoms with E-state index in [2.05, 4.69) is 52.3 Å². The smallest absolute Gasteiger partial charge is 0.339 e. The Morgan fingerprint density at radius 3 is 2.43 bits per heavy atom. The number of urea groups is 1. The summed E-state index contributed by atoms with van der Waals surface area (Å²) in [5.41, 5.74) is 8.13. The zero-order valence-electron chi connectivity index (χ0n) is 16.2. The molecule has 0 saturated carbocycles. The summed E-state index contributed by atoms with van der Waals surface area (Å²) in [6.45, 7) is 2.06. The molecule has 1 unspecified atom stereocenters. The van der Waals surface area contributed by atoms with Crippen LogP contribution >= 0.6 is 23.2 Å². The van der Waals surface area contributed by atoms with Crippen LogP contribution in [0.4, 0.5) is 16.2 Å². The number of hydrogen-bond donors (Lipinski definition) is 3. The summed E-state index contributed by atoms with van der Waals surface area (Å²) in [6, 6.07) is 20.5. The van der Waals surface area contributed by atoms with Crippen molar-refractivity contribution in [2.75, 3.05) is 10.6 Å². The standard InChI is InChI=1S/C23H20Cl2N4O/c1-14-2-4-15(5-3-14)21-13-22(19-12-17(25)8-11-20(19)27-21)28-29-23(30)26-18-9-6-16(24)7-10-18/h2-12,21,27H,13H2,1H3,(H2,26,29,30). The molecule has 7 heteroatoms. The average molecular weight is 439 g/mol. The van der Waals surface area contributed by atoms with Gasteiger partial charge in [-0.1, -0.05) is 53.0 Å². The maximum atomic E-state index is 12.3. The first kappa shape index (κ1) is 20.3. The molecule has 30 heavy (non-hydrogen) atoms. The van der Waals surface area contributed by atoms with Gasteiger partial charge in [0.15, 0.2) is 0 Å². The van der Waals surface area contributed by atoms with E-state index in [0.717, 1.165) is 22.5 Å². The molecular weight excluding hydrogens is 419 g/mol. The number of nitrogens with one attached hydrogen (secondary N) is 3. The molecule has 0 spiro atoms. The number of anilines is 2. The zero-order chi connectivity index (χ0) is 21.1. The van der Waals surface area contributed by atoms with Crippen molar-refractivity contribution in [3.63, 3.8) is 0 Å². The largest absolute Gasteiger partial charge is 0.377 e. The van der Waals surface area contributed by atoms with Crippen molar-refractivity contribution in [2.24, 2.45) is 5.10 Å². The van der Waals surface area contributed by atoms with Crippen LogP contribution in [0.1, 0.15) is 29.2 Å². The second-order valence-electron chi connectivity index (χ2n) is 7.13. The Kier molecular flexibility index (Phi) is 5.93. The molecule has 0 radical (unpaired) electrons. The summed E-state index contributed by atoms with van der Waals surface area (Å²) in [5, 5.41) is 11.9. The van der Waals surface area contributed by atoms with Gasteiger partial charge in [-0.25, -0.2) is 10.2 Å². The van der Waals surface area contributed by atoms with Crippen molar-refractivity contribution in [2.45, 2.75) is 19.4 Å². The Morgan fingerprint density at radius 2 is 1.70 bits per heavy atom. The minimum atomic E-state index is -0.432. The fraction of sp³-hybridized carbons (Fsp3) is 0.130. The molecule has 1 aliphatic heterocycles. The molecule has 3 aromatic carbocycles. The lowest BCUT2D eigenvalue weighted by molar-refractivity contribution is 0.252. The van der Waals surface area contributed by atoms with Crippen molar-refractivity contribution in [3.05, 3.63) is 93.5 Å². The SMILES string of the molecule is Cc1ccc(C2CC(=NNC(=O)Nc3ccc(Cl)cc3)c3cc(Cl)ccc3N2)cc1. The molecule has 1 aliphatic rings. The Hall–Kier alpha value is -3.02. The van der Waals surface area contributed by atoms with Gasteiger partial charge in [0.1, 0.15) is 0 Å². The van der Waals surface area contributed by atoms with E-state index in [0.29, 0.717) is 22.2 Å². The molecule has 1 heterocycles. The van der Waals surface area contributed by atoms with E-state index in [1.807, 2.05) is 18.2 Å². The number of carbonyl (C=O) groups excluding carboxylic acids is 1. The van der Waals surface area contributed by atoms with E-state index >= 15 is 0 Å². The highest BCUT2D eigenvalue weighted by atomic mass is 35.5. The van der Waals surface area contributed by atoms with E-state index in [9.17, 15) is 4.79 Å². The topological polar surface area (TPSA) is 65.5 Å². The van der Waals surface area contributed by atoms with Gasteiger partial charge in [-0.05, 0) is 55.0 Å². The van der Waals surface area contributed by atoms with Crippen LogP contribution < -0.4 is 16.1 Å². The Bertz CT molecular complexity index is 1100. The average Bonchev–Trinajstić information content (AvgIpc) is 2.74. The summed E-state index contributed by atoms with van der Waals surface area (Å²) in [6.07, 6.45) is 0.609. The predicted molar refractivity (Wildman–Crippen MR) is 124 cm³/mol. The number of fused-ring (bicyclic) bond motifs is 1. The van der Waals surface area contributed by atoms with Gasteiger partial charge in [0.2, 0.25) is 0 Å². The number of hydrazone groups is 1. The maximum Gasteiger partial charge on any atom is 0.339 e. The number of benzene rings is 3. The number of aryl methyl sites for hydroxylation is 1. The van der Waals surface area contributed by atoms with Crippen LogP contribution in [-0.2, 0) is 0 Å². The van der Waals surface area contributed by atoms with Crippen LogP contribution in [0.25, 0.3) is 0 Å². The number of carbonyl (C=O) groups is 1. The van der Waals surface area contributed by atoms with Crippen LogP contribution in [0.2, 0.25) is 10.0 Å². The maximum absolute atomic E-state index is 12.3. The molecule has 0 saturated heterocycles. The molecule has 5 nitrogen and oxygen atoms in total. The van der Waals surface area contributed by atoms with Gasteiger partial charge >= 0.3 is 6.03 Å². The third kappa shape index (κ3) is 4.75. The third-order valence-electron chi connectivity index (χ3n) is 4.89. The molecule has 0 fully saturated rings. The van der Waals surface area contributed by atoms with Gasteiger partial charge in [-0.2, -0.15) is 5.10 Å². The molecule has 1 atom stereocenters. The lowest BCUT2D eigenvalue weighted by Gasteiger charge is -2.28. The zero-order valence-corrected chi connectivity index (χ0v) is 17.8. The van der Waals surface area contributed by atoms with Crippen LogP contribution in [0, 0.1) is 6.92 Å². The van der Waals surface area contributed by atoms with Crippen LogP contribution in [0.5, 0.6) is 0 Å². The third-order valence-corrected chi connectivity index (χ3v) is 5.38. The first-order valence-corrected chi connectivity index (χ1v) is 10.3. The van der Waals surface area contributed by atoms with E-state index in [1.165, 1.54) is 5.56 Å². The normalized spacial score (nSPS) is 16.5. The number of rotatable bonds is 3. The van der Waals surface area contributed by atoms with Crippen molar-refractivity contribution in [1.29, 1.82) is 0 Å². The highest BCUT2D eigenvalue weighted by Gasteiger charge is 2.25. The first-order valence-electron chi connectivity index (χ1n) is 9.50. The molecule has 0 aromatic heterocycles. The lowest BCUT2D eigenvalue weighted by atomic mass is 9.91. The minimum absolute atomic E-state index is 0.0409. The summed E-state index contributed by atoms with van der Waals surface area (Å²) in [5.74, 6) is 0. The molecule has 152 valence electrons. The number of nitrogens with zero attached hydrogens (tertiary/aromatic N) is 1. The van der Waals surface area contributed by atoms with Crippen molar-refractivity contribution >= 4 is 46.3 Å². The van der Waals surface area contributed by atoms with E-state index in [4.69, 9.17) is 23.2 Å². The Morgan fingerprint density at radius 1 is 1.00 bits per heavy atom. The molecule has 2 amide bonds. The van der Waals surface area contributed by atoms with Gasteiger partial charge in [0.05, 0.1) is 11.8 Å². The molecular formula is C23H20Cl2N4O. The van der Waals surface area contributed by atoms with Crippen molar-refractivity contribution < 1.29 is 4.79 Å². The molecule has 0 aliphatic carbocycles. The first-order chi connectivity index (χ1) is 14.5. The predicted octanol–water partition coefficient (Wildman–Crippen LogP) is 6.38. The summed E-state index contributed by atoms with van der Waals surface area (Å²) < 4.78 is 0. The lowest BCUT2D eigenvalue weighted by Crippen LogP contribution is -2.29. The van der Waals surface area contributed by atoms with Crippen LogP contribution in [0.3, 0.4) is 0 Å². The van der Waals surface area contributed by atoms with Crippen LogP contribution in [0.15, 0.2) is 71.8 Å². The fourth-order valence-electron chi connectivity index (χ4n) is 3.34. The summed E-state index contributed by atoms with van der Waals surface area (Å²) >= 11 is 12.1. The van der Waals surface area contributed by atoms with Gasteiger partial charge < -0.3 is 10.6 Å². The Balaban J connectivity index is 1.56. The number of amides is 2. The number of hydrogen-bond acceptors (Lipinski definition) is 3. The Labute approximate surface area is 185 Å². The van der Waals surface area contributed by atoms with E-state index in [1.54, 1.807) is 24.3 Å². The second kappa shape index (κ2) is 8.78. The van der Waals surface area contributed by atoms with E-state index in [-0.39, 0.29) is 6.04 Å². The fourth-order valence-corrected chi connectivity index (χ4v) is 3.64. The number of halogens is 2. The van der Waals surface area contributed by atoms with Crippen molar-refractivity contribution in [3.8, 4) is 0 Å². The highest BCUT2D eigenvalue weighted by Crippen LogP contribution is 2.34. The molecule has 0 bridgehead atoms. The van der Waals surface area contributed by atoms with Gasteiger partial charge in [0, 0.05) is 33.4 Å². The summed E-state index contributed by atoms with van der Waals surface area (Å²) in [7, 11) is 0. The van der Waals surface area contributed by atoms with Gasteiger partial charge in [0.25, 0.3) is 0 Å². The van der Waals surface area contributed by atoms with Crippen LogP contribution in [-0.4, -0.2) is 11.7 Å². The second-order valence-corrected chi connectivity index (χ2v) is 8.01. The highest BCUT2D eigenvalue weighted by molar-refractivity contribution is 6.31. The molecule has 3 aromatic rings. The quantitative estimate of drug-likeness (QED) is 0.415. The minimum Gasteiger partial charge on any atom is -0.377 e. The van der Waals surface area contributed by atoms with E-state index < -0.39 is 6.03 Å². The van der Waals surface area contributed by atoms with Gasteiger partial charge in [-0.3, -0.25) is 0 Å². The van der Waals surface area contributed by atoms with Gasteiger partial charge in [-0.15, -0.1) is 0 Å². The molecule has 4 rings (SSSR count). The summed E-state index contributed by atoms with van der Waals surface area (Å²) in [4.78, 5) is 12.3.